The SMILES string of the molecule is CC(C)(O)[C@H](CN)O[Si](c1ccccc1)(c1ccccc1)C(C)(C)C. The average molecular weight is 358 g/mol. The molecule has 136 valence electrons. The van der Waals surface area contributed by atoms with Crippen LogP contribution in [-0.2, 0) is 4.43 Å². The van der Waals surface area contributed by atoms with Gasteiger partial charge in [-0.25, -0.2) is 0 Å². The van der Waals surface area contributed by atoms with Gasteiger partial charge in [-0.05, 0) is 29.3 Å². The van der Waals surface area contributed by atoms with Gasteiger partial charge >= 0.3 is 0 Å². The highest BCUT2D eigenvalue weighted by Crippen LogP contribution is 2.38. The molecule has 0 radical (unpaired) electrons. The summed E-state index contributed by atoms with van der Waals surface area (Å²) in [5.74, 6) is 0. The van der Waals surface area contributed by atoms with E-state index in [4.69, 9.17) is 10.2 Å². The topological polar surface area (TPSA) is 55.5 Å². The van der Waals surface area contributed by atoms with Crippen LogP contribution in [0.2, 0.25) is 5.04 Å². The average Bonchev–Trinajstić information content (AvgIpc) is 2.55. The first kappa shape index (κ1) is 19.9. The van der Waals surface area contributed by atoms with Crippen molar-refractivity contribution in [2.24, 2.45) is 5.73 Å². The van der Waals surface area contributed by atoms with Crippen LogP contribution in [0.25, 0.3) is 0 Å². The molecule has 0 fully saturated rings. The molecule has 0 aromatic heterocycles. The largest absolute Gasteiger partial charge is 0.400 e. The quantitative estimate of drug-likeness (QED) is 0.782. The molecule has 0 amide bonds. The predicted molar refractivity (Wildman–Crippen MR) is 108 cm³/mol. The zero-order valence-electron chi connectivity index (χ0n) is 16.0. The van der Waals surface area contributed by atoms with Gasteiger partial charge in [0, 0.05) is 6.54 Å². The fourth-order valence-electron chi connectivity index (χ4n) is 3.39. The number of hydrogen-bond acceptors (Lipinski definition) is 3. The second-order valence-electron chi connectivity index (χ2n) is 8.16. The molecule has 0 unspecified atom stereocenters. The highest BCUT2D eigenvalue weighted by molar-refractivity contribution is 6.99. The summed E-state index contributed by atoms with van der Waals surface area (Å²) in [5.41, 5.74) is 4.99. The Bertz CT molecular complexity index is 620. The predicted octanol–water partition coefficient (Wildman–Crippen LogP) is 2.66. The molecule has 2 aromatic rings. The minimum absolute atomic E-state index is 0.131. The fourth-order valence-corrected chi connectivity index (χ4v) is 8.21. The lowest BCUT2D eigenvalue weighted by Gasteiger charge is -2.47. The van der Waals surface area contributed by atoms with E-state index in [9.17, 15) is 5.11 Å². The standard InChI is InChI=1S/C21H31NO2Si/c1-20(2,3)25(17-12-8-6-9-13-17,18-14-10-7-11-15-18)24-19(16-22)21(4,5)23/h6-15,19,23H,16,22H2,1-5H3/t19-/m0/s1. The van der Waals surface area contributed by atoms with E-state index in [2.05, 4.69) is 69.3 Å². The fraction of sp³-hybridized carbons (Fsp3) is 0.429. The van der Waals surface area contributed by atoms with Gasteiger partial charge in [-0.15, -0.1) is 0 Å². The molecule has 3 N–H and O–H groups in total. The summed E-state index contributed by atoms with van der Waals surface area (Å²) in [6.07, 6.45) is -0.446. The Hall–Kier alpha value is -1.46. The second kappa shape index (κ2) is 7.42. The van der Waals surface area contributed by atoms with Crippen molar-refractivity contribution in [2.75, 3.05) is 6.54 Å². The maximum Gasteiger partial charge on any atom is 0.261 e. The summed E-state index contributed by atoms with van der Waals surface area (Å²) in [4.78, 5) is 0. The van der Waals surface area contributed by atoms with E-state index in [1.807, 2.05) is 12.1 Å². The first-order chi connectivity index (χ1) is 11.6. The highest BCUT2D eigenvalue weighted by Gasteiger charge is 2.52. The minimum atomic E-state index is -2.68. The number of benzene rings is 2. The van der Waals surface area contributed by atoms with Crippen molar-refractivity contribution in [3.63, 3.8) is 0 Å². The molecule has 2 rings (SSSR count). The van der Waals surface area contributed by atoms with Crippen LogP contribution in [0.5, 0.6) is 0 Å². The van der Waals surface area contributed by atoms with E-state index < -0.39 is 20.0 Å². The number of hydrogen-bond donors (Lipinski definition) is 2. The molecular weight excluding hydrogens is 326 g/mol. The molecule has 0 bridgehead atoms. The van der Waals surface area contributed by atoms with Crippen LogP contribution < -0.4 is 16.1 Å². The first-order valence-electron chi connectivity index (χ1n) is 8.84. The molecule has 1 atom stereocenters. The molecule has 4 heteroatoms. The van der Waals surface area contributed by atoms with Gasteiger partial charge in [0.2, 0.25) is 0 Å². The van der Waals surface area contributed by atoms with Crippen LogP contribution in [0.3, 0.4) is 0 Å². The van der Waals surface area contributed by atoms with Crippen molar-refractivity contribution in [2.45, 2.75) is 51.4 Å². The Morgan fingerprint density at radius 2 is 1.28 bits per heavy atom. The van der Waals surface area contributed by atoms with Crippen LogP contribution in [-0.4, -0.2) is 31.7 Å². The van der Waals surface area contributed by atoms with Gasteiger partial charge in [0.25, 0.3) is 8.32 Å². The molecule has 3 nitrogen and oxygen atoms in total. The third-order valence-electron chi connectivity index (χ3n) is 4.74. The number of rotatable bonds is 6. The Labute approximate surface area is 153 Å². The number of nitrogens with two attached hydrogens (primary N) is 1. The summed E-state index contributed by atoms with van der Waals surface area (Å²) < 4.78 is 6.85. The molecule has 25 heavy (non-hydrogen) atoms. The van der Waals surface area contributed by atoms with Crippen LogP contribution in [0, 0.1) is 0 Å². The van der Waals surface area contributed by atoms with Crippen molar-refractivity contribution in [3.05, 3.63) is 60.7 Å². The zero-order valence-corrected chi connectivity index (χ0v) is 17.0. The molecule has 0 aliphatic carbocycles. The Kier molecular flexibility index (Phi) is 5.89. The lowest BCUT2D eigenvalue weighted by atomic mass is 10.0. The van der Waals surface area contributed by atoms with Crippen molar-refractivity contribution in [1.82, 2.24) is 0 Å². The minimum Gasteiger partial charge on any atom is -0.400 e. The molecule has 0 heterocycles. The normalized spacial score (nSPS) is 14.4. The summed E-state index contributed by atoms with van der Waals surface area (Å²) in [5, 5.41) is 12.9. The van der Waals surface area contributed by atoms with Gasteiger partial charge in [0.05, 0.1) is 11.7 Å². The summed E-state index contributed by atoms with van der Waals surface area (Å²) >= 11 is 0. The van der Waals surface area contributed by atoms with E-state index in [1.165, 1.54) is 10.4 Å². The van der Waals surface area contributed by atoms with Crippen LogP contribution in [0.1, 0.15) is 34.6 Å². The van der Waals surface area contributed by atoms with Gasteiger partial charge in [-0.1, -0.05) is 81.4 Å². The van der Waals surface area contributed by atoms with E-state index in [0.717, 1.165) is 0 Å². The van der Waals surface area contributed by atoms with Crippen molar-refractivity contribution >= 4 is 18.7 Å². The molecule has 0 aliphatic heterocycles. The van der Waals surface area contributed by atoms with E-state index in [0.29, 0.717) is 0 Å². The lowest BCUT2D eigenvalue weighted by Crippen LogP contribution is -2.69. The maximum atomic E-state index is 10.6. The maximum absolute atomic E-state index is 10.6. The molecule has 0 saturated heterocycles. The van der Waals surface area contributed by atoms with Gasteiger partial charge < -0.3 is 15.3 Å². The molecular formula is C21H31NO2Si. The zero-order chi connectivity index (χ0) is 18.7. The van der Waals surface area contributed by atoms with Crippen molar-refractivity contribution < 1.29 is 9.53 Å². The molecule has 0 aliphatic rings. The molecule has 0 saturated carbocycles. The number of aliphatic hydroxyl groups is 1. The summed E-state index contributed by atoms with van der Waals surface area (Å²) in [6.45, 7) is 10.5. The van der Waals surface area contributed by atoms with Crippen molar-refractivity contribution in [1.29, 1.82) is 0 Å². The first-order valence-corrected chi connectivity index (χ1v) is 10.7. The summed E-state index contributed by atoms with van der Waals surface area (Å²) in [6, 6.07) is 20.8. The molecule has 0 spiro atoms. The van der Waals surface area contributed by atoms with E-state index in [1.54, 1.807) is 13.8 Å². The smallest absolute Gasteiger partial charge is 0.261 e. The van der Waals surface area contributed by atoms with Crippen LogP contribution in [0.4, 0.5) is 0 Å². The third-order valence-corrected chi connectivity index (χ3v) is 9.78. The second-order valence-corrected chi connectivity index (χ2v) is 12.4. The molecule has 2 aromatic carbocycles. The van der Waals surface area contributed by atoms with Gasteiger partial charge in [0.1, 0.15) is 0 Å². The Morgan fingerprint density at radius 1 is 0.880 bits per heavy atom. The van der Waals surface area contributed by atoms with Crippen molar-refractivity contribution in [3.8, 4) is 0 Å². The van der Waals surface area contributed by atoms with Gasteiger partial charge in [-0.2, -0.15) is 0 Å². The third kappa shape index (κ3) is 4.03. The van der Waals surface area contributed by atoms with Gasteiger partial charge in [-0.3, -0.25) is 0 Å². The highest BCUT2D eigenvalue weighted by atomic mass is 28.4. The Morgan fingerprint density at radius 3 is 1.56 bits per heavy atom. The Balaban J connectivity index is 2.73. The lowest BCUT2D eigenvalue weighted by molar-refractivity contribution is -0.0334. The van der Waals surface area contributed by atoms with E-state index >= 15 is 0 Å². The monoisotopic (exact) mass is 357 g/mol. The summed E-state index contributed by atoms with van der Waals surface area (Å²) in [7, 11) is -2.68. The van der Waals surface area contributed by atoms with E-state index in [-0.39, 0.29) is 11.6 Å². The van der Waals surface area contributed by atoms with Crippen LogP contribution in [0.15, 0.2) is 60.7 Å². The van der Waals surface area contributed by atoms with Crippen LogP contribution >= 0.6 is 0 Å². The van der Waals surface area contributed by atoms with Gasteiger partial charge in [0.15, 0.2) is 0 Å².